The molecule has 4 atom stereocenters. The van der Waals surface area contributed by atoms with Crippen LogP contribution in [-0.4, -0.2) is 58.7 Å². The summed E-state index contributed by atoms with van der Waals surface area (Å²) in [5, 5.41) is 41.5. The summed E-state index contributed by atoms with van der Waals surface area (Å²) in [6, 6.07) is 8.97. The zero-order chi connectivity index (χ0) is 27.7. The monoisotopic (exact) mass is 580 g/mol. The second-order valence-corrected chi connectivity index (χ2v) is 9.65. The summed E-state index contributed by atoms with van der Waals surface area (Å²) in [4.78, 5) is 30.4. The fourth-order valence-electron chi connectivity index (χ4n) is 4.65. The van der Waals surface area contributed by atoms with Gasteiger partial charge in [0.15, 0.2) is 0 Å². The van der Waals surface area contributed by atoms with Gasteiger partial charge in [-0.15, -0.1) is 0 Å². The minimum absolute atomic E-state index is 0. The molecule has 2 aromatic rings. The topological polar surface area (TPSA) is 197 Å². The van der Waals surface area contributed by atoms with Crippen LogP contribution in [-0.2, 0) is 16.5 Å². The maximum atomic E-state index is 11.9. The Kier molecular flexibility index (Phi) is 12.6. The average Bonchev–Trinajstić information content (AvgIpc) is 2.89. The molecule has 212 valence electrons. The molecular formula is C28H34N4NiO6. The molecule has 0 saturated heterocycles. The molecule has 11 heteroatoms. The van der Waals surface area contributed by atoms with Crippen molar-refractivity contribution in [3.8, 4) is 11.5 Å². The van der Waals surface area contributed by atoms with Crippen LogP contribution < -0.4 is 21.7 Å². The molecule has 6 N–H and O–H groups in total. The fraction of sp³-hybridized carbons (Fsp3) is 0.429. The van der Waals surface area contributed by atoms with Gasteiger partial charge in [-0.2, -0.15) is 0 Å². The maximum absolute atomic E-state index is 11.9. The molecule has 39 heavy (non-hydrogen) atoms. The number of carbonyl (C=O) groups is 2. The molecule has 10 nitrogen and oxygen atoms in total. The van der Waals surface area contributed by atoms with Crippen LogP contribution in [0.15, 0.2) is 46.4 Å². The zero-order valence-electron chi connectivity index (χ0n) is 21.5. The fourth-order valence-corrected chi connectivity index (χ4v) is 4.65. The van der Waals surface area contributed by atoms with Crippen molar-refractivity contribution in [3.05, 3.63) is 58.7 Å². The van der Waals surface area contributed by atoms with Crippen LogP contribution in [0.25, 0.3) is 0 Å². The summed E-state index contributed by atoms with van der Waals surface area (Å²) < 4.78 is 0. The molecule has 0 radical (unpaired) electrons. The number of para-hydroxylation sites is 2. The Morgan fingerprint density at radius 1 is 0.718 bits per heavy atom. The van der Waals surface area contributed by atoms with Gasteiger partial charge in [-0.25, -0.2) is 9.59 Å². The Morgan fingerprint density at radius 2 is 1.08 bits per heavy atom. The van der Waals surface area contributed by atoms with Crippen molar-refractivity contribution < 1.29 is 46.5 Å². The third-order valence-electron chi connectivity index (χ3n) is 6.93. The van der Waals surface area contributed by atoms with Gasteiger partial charge >= 0.3 is 28.4 Å². The Hall–Kier alpha value is -3.27. The van der Waals surface area contributed by atoms with E-state index in [1.807, 2.05) is 0 Å². The molecule has 0 aromatic heterocycles. The van der Waals surface area contributed by atoms with Gasteiger partial charge in [-0.05, 0) is 48.9 Å². The predicted molar refractivity (Wildman–Crippen MR) is 141 cm³/mol. The molecule has 0 unspecified atom stereocenters. The number of benzene rings is 2. The molecule has 2 aliphatic carbocycles. The Bertz CT molecular complexity index is 1100. The number of aliphatic imine (C=N–C) groups is 2. The van der Waals surface area contributed by atoms with E-state index in [1.54, 1.807) is 24.3 Å². The van der Waals surface area contributed by atoms with Crippen LogP contribution in [0.4, 0.5) is 0 Å². The van der Waals surface area contributed by atoms with Crippen LogP contribution in [0.1, 0.15) is 83.2 Å². The summed E-state index contributed by atoms with van der Waals surface area (Å²) in [6.07, 6.45) is 11.1. The molecule has 0 spiro atoms. The molecule has 0 heterocycles. The molecule has 4 rings (SSSR count). The van der Waals surface area contributed by atoms with Gasteiger partial charge in [0.05, 0.1) is 23.2 Å². The summed E-state index contributed by atoms with van der Waals surface area (Å²) in [7, 11) is 0. The van der Waals surface area contributed by atoms with Crippen LogP contribution in [0.3, 0.4) is 0 Å². The number of rotatable bonds is 6. The maximum Gasteiger partial charge on any atom is 2.00 e. The number of carboxylic acid groups (broad SMARTS) is 2. The molecule has 0 bridgehead atoms. The first-order chi connectivity index (χ1) is 18.2. The Labute approximate surface area is 237 Å². The molecule has 2 fully saturated rings. The second-order valence-electron chi connectivity index (χ2n) is 9.65. The molecule has 2 saturated carbocycles. The number of hydrogen-bond acceptors (Lipinski definition) is 8. The van der Waals surface area contributed by atoms with Crippen molar-refractivity contribution in [3.63, 3.8) is 0 Å². The van der Waals surface area contributed by atoms with Gasteiger partial charge < -0.3 is 31.9 Å². The van der Waals surface area contributed by atoms with Crippen molar-refractivity contribution in [2.75, 3.05) is 0 Å². The van der Waals surface area contributed by atoms with E-state index in [1.165, 1.54) is 24.6 Å². The molecule has 0 amide bonds. The predicted octanol–water partition coefficient (Wildman–Crippen LogP) is 2.29. The van der Waals surface area contributed by atoms with E-state index in [0.717, 1.165) is 51.4 Å². The molecule has 0 aliphatic heterocycles. The van der Waals surface area contributed by atoms with E-state index in [4.69, 9.17) is 21.7 Å². The van der Waals surface area contributed by atoms with E-state index in [2.05, 4.69) is 9.98 Å². The van der Waals surface area contributed by atoms with Crippen LogP contribution in [0, 0.1) is 0 Å². The van der Waals surface area contributed by atoms with Crippen LogP contribution in [0.2, 0.25) is 0 Å². The summed E-state index contributed by atoms with van der Waals surface area (Å²) >= 11 is 0. The van der Waals surface area contributed by atoms with E-state index >= 15 is 0 Å². The first kappa shape index (κ1) is 31.9. The number of nitrogens with zero attached hydrogens (tertiary/aromatic N) is 2. The average molecular weight is 581 g/mol. The molecule has 2 aliphatic rings. The van der Waals surface area contributed by atoms with Crippen molar-refractivity contribution in [2.24, 2.45) is 21.5 Å². The third kappa shape index (κ3) is 8.88. The number of hydrogen-bond donors (Lipinski definition) is 4. The van der Waals surface area contributed by atoms with E-state index in [9.17, 15) is 19.8 Å². The van der Waals surface area contributed by atoms with Gasteiger partial charge in [-0.3, -0.25) is 9.98 Å². The Balaban J connectivity index is 0.000000267. The van der Waals surface area contributed by atoms with Crippen molar-refractivity contribution in [2.45, 2.75) is 75.5 Å². The van der Waals surface area contributed by atoms with Crippen molar-refractivity contribution >= 4 is 24.4 Å². The minimum atomic E-state index is -1.21. The normalized spacial score (nSPS) is 23.0. The van der Waals surface area contributed by atoms with Crippen LogP contribution in [0.5, 0.6) is 11.5 Å². The number of nitrogens with two attached hydrogens (primary N) is 2. The van der Waals surface area contributed by atoms with Gasteiger partial charge in [0.1, 0.15) is 0 Å². The first-order valence-corrected chi connectivity index (χ1v) is 12.8. The minimum Gasteiger partial charge on any atom is -0.871 e. The number of aromatic carboxylic acids is 2. The standard InChI is InChI=1S/2C14H18N2O3.Ni/c2*15-11-6-1-2-7-12(11)16-8-9-4-3-5-10(13(9)17)14(18)19;/h2*3-5,8,11-12,17H,1-2,6-7,15H2,(H,18,19);/q;;+2/p-2/t2*11-,12-;/m11./s1. The van der Waals surface area contributed by atoms with Gasteiger partial charge in [0, 0.05) is 24.5 Å². The van der Waals surface area contributed by atoms with Crippen molar-refractivity contribution in [1.82, 2.24) is 0 Å². The van der Waals surface area contributed by atoms with E-state index in [-0.39, 0.29) is 51.8 Å². The number of carboxylic acids is 2. The van der Waals surface area contributed by atoms with Crippen molar-refractivity contribution in [1.29, 1.82) is 0 Å². The smallest absolute Gasteiger partial charge is 0.871 e. The SMILES string of the molecule is N[C@@H]1CCCC[C@H]1N=Cc1cccc(C(=O)O)c1[O-].N[C@@H]1CCCC[C@H]1N=Cc1cccc(C(=O)O)c1[O-].[Ni+2]. The first-order valence-electron chi connectivity index (χ1n) is 12.8. The largest absolute Gasteiger partial charge is 2.00 e. The second kappa shape index (κ2) is 15.4. The van der Waals surface area contributed by atoms with Crippen LogP contribution >= 0.6 is 0 Å². The zero-order valence-corrected chi connectivity index (χ0v) is 22.5. The molecular weight excluding hydrogens is 547 g/mol. The summed E-state index contributed by atoms with van der Waals surface area (Å²) in [5.74, 6) is -3.42. The summed E-state index contributed by atoms with van der Waals surface area (Å²) in [5.41, 5.74) is 12.1. The summed E-state index contributed by atoms with van der Waals surface area (Å²) in [6.45, 7) is 0. The van der Waals surface area contributed by atoms with Gasteiger partial charge in [0.2, 0.25) is 0 Å². The van der Waals surface area contributed by atoms with E-state index in [0.29, 0.717) is 11.1 Å². The molecule has 2 aromatic carbocycles. The van der Waals surface area contributed by atoms with E-state index < -0.39 is 23.4 Å². The van der Waals surface area contributed by atoms with Gasteiger partial charge in [-0.1, -0.05) is 61.4 Å². The van der Waals surface area contributed by atoms with Gasteiger partial charge in [0.25, 0.3) is 0 Å². The quantitative estimate of drug-likeness (QED) is 0.294. The Morgan fingerprint density at radius 3 is 1.41 bits per heavy atom. The third-order valence-corrected chi connectivity index (χ3v) is 6.93.